The Labute approximate surface area is 300 Å². The van der Waals surface area contributed by atoms with Crippen molar-refractivity contribution < 1.29 is 33.8 Å². The third kappa shape index (κ3) is 12.1. The number of hydrazine groups is 1. The van der Waals surface area contributed by atoms with E-state index in [-0.39, 0.29) is 19.5 Å². The number of amides is 4. The monoisotopic (exact) mass is 704 g/mol. The maximum absolute atomic E-state index is 13.8. The van der Waals surface area contributed by atoms with Crippen LogP contribution in [0.25, 0.3) is 11.3 Å². The first-order chi connectivity index (χ1) is 24.0. The molecule has 51 heavy (non-hydrogen) atoms. The predicted octanol–water partition coefficient (Wildman–Crippen LogP) is 4.21. The summed E-state index contributed by atoms with van der Waals surface area (Å²) in [5.74, 6) is -0.917. The van der Waals surface area contributed by atoms with Gasteiger partial charge in [-0.1, -0.05) is 81.4 Å². The molecule has 5 N–H and O–H groups in total. The van der Waals surface area contributed by atoms with Crippen LogP contribution in [-0.2, 0) is 32.0 Å². The van der Waals surface area contributed by atoms with E-state index >= 15 is 0 Å². The first kappa shape index (κ1) is 40.4. The van der Waals surface area contributed by atoms with Crippen LogP contribution in [0, 0.1) is 10.8 Å². The molecular weight excluding hydrogens is 652 g/mol. The van der Waals surface area contributed by atoms with Crippen LogP contribution < -0.4 is 21.4 Å². The Hall–Kier alpha value is -5.01. The molecule has 3 aromatic rings. The number of methoxy groups -OCH3 is 2. The van der Waals surface area contributed by atoms with E-state index in [1.54, 1.807) is 32.0 Å². The Morgan fingerprint density at radius 1 is 0.804 bits per heavy atom. The summed E-state index contributed by atoms with van der Waals surface area (Å²) in [6.07, 6.45) is -0.644. The lowest BCUT2D eigenvalue weighted by Crippen LogP contribution is -2.60. The zero-order valence-corrected chi connectivity index (χ0v) is 30.7. The van der Waals surface area contributed by atoms with Gasteiger partial charge in [0.15, 0.2) is 0 Å². The molecule has 2 aromatic carbocycles. The van der Waals surface area contributed by atoms with Crippen LogP contribution in [0.5, 0.6) is 0 Å². The first-order valence-electron chi connectivity index (χ1n) is 16.8. The fraction of sp³-hybridized carbons (Fsp3) is 0.447. The second kappa shape index (κ2) is 18.3. The predicted molar refractivity (Wildman–Crippen MR) is 194 cm³/mol. The standard InChI is InChI=1S/C38H52N6O7/c1-25(40-35(48)50-7)38(5,6)34(47)43-44(23-27-17-19-28(20-18-27)29-16-12-13-21-39-29)24-31(45)30(22-26-14-10-9-11-15-26)41-33(46)32(37(2,3)4)42-36(49)51-8/h9-21,25,30-32,45H,22-24H2,1-8H3,(H,40,48)(H,41,46)(H,42,49)(H,43,47)/t25-,30-,31-,32+/m0/s1. The topological polar surface area (TPSA) is 171 Å². The van der Waals surface area contributed by atoms with Gasteiger partial charge in [-0.25, -0.2) is 14.6 Å². The Morgan fingerprint density at radius 2 is 1.41 bits per heavy atom. The first-order valence-corrected chi connectivity index (χ1v) is 16.8. The highest BCUT2D eigenvalue weighted by Gasteiger charge is 2.38. The average molecular weight is 705 g/mol. The van der Waals surface area contributed by atoms with E-state index in [9.17, 15) is 24.3 Å². The average Bonchev–Trinajstić information content (AvgIpc) is 3.10. The van der Waals surface area contributed by atoms with Gasteiger partial charge in [-0.2, -0.15) is 0 Å². The van der Waals surface area contributed by atoms with Crippen molar-refractivity contribution in [2.75, 3.05) is 20.8 Å². The molecule has 13 nitrogen and oxygen atoms in total. The van der Waals surface area contributed by atoms with Crippen LogP contribution in [0.1, 0.15) is 52.7 Å². The summed E-state index contributed by atoms with van der Waals surface area (Å²) in [5, 5.41) is 21.7. The molecule has 0 aliphatic rings. The number of aliphatic hydroxyl groups excluding tert-OH is 1. The van der Waals surface area contributed by atoms with E-state index < -0.39 is 59.1 Å². The quantitative estimate of drug-likeness (QED) is 0.145. The lowest BCUT2D eigenvalue weighted by molar-refractivity contribution is -0.137. The van der Waals surface area contributed by atoms with Gasteiger partial charge in [0.25, 0.3) is 0 Å². The Bertz CT molecular complexity index is 1580. The summed E-state index contributed by atoms with van der Waals surface area (Å²) in [6, 6.07) is 20.3. The van der Waals surface area contributed by atoms with Crippen molar-refractivity contribution in [3.8, 4) is 11.3 Å². The van der Waals surface area contributed by atoms with Crippen LogP contribution in [0.4, 0.5) is 9.59 Å². The summed E-state index contributed by atoms with van der Waals surface area (Å²) in [4.78, 5) is 56.1. The summed E-state index contributed by atoms with van der Waals surface area (Å²) in [7, 11) is 2.47. The lowest BCUT2D eigenvalue weighted by atomic mass is 9.84. The third-order valence-electron chi connectivity index (χ3n) is 8.81. The van der Waals surface area contributed by atoms with Crippen molar-refractivity contribution in [3.05, 3.63) is 90.1 Å². The molecule has 0 radical (unpaired) electrons. The number of nitrogens with zero attached hydrogens (tertiary/aromatic N) is 2. The molecule has 4 atom stereocenters. The van der Waals surface area contributed by atoms with Crippen LogP contribution in [0.2, 0.25) is 0 Å². The fourth-order valence-corrected chi connectivity index (χ4v) is 5.21. The maximum Gasteiger partial charge on any atom is 0.407 e. The van der Waals surface area contributed by atoms with Gasteiger partial charge in [-0.05, 0) is 55.9 Å². The summed E-state index contributed by atoms with van der Waals surface area (Å²) in [6.45, 7) is 10.6. The third-order valence-corrected chi connectivity index (χ3v) is 8.81. The van der Waals surface area contributed by atoms with Gasteiger partial charge in [0, 0.05) is 30.9 Å². The number of nitrogens with one attached hydrogen (secondary N) is 4. The molecule has 4 amide bonds. The number of carbonyl (C=O) groups is 4. The van der Waals surface area contributed by atoms with Crippen LogP contribution in [0.15, 0.2) is 79.0 Å². The summed E-state index contributed by atoms with van der Waals surface area (Å²) in [5.41, 5.74) is 4.58. The van der Waals surface area contributed by atoms with Crippen molar-refractivity contribution in [1.29, 1.82) is 0 Å². The molecule has 1 heterocycles. The molecule has 0 bridgehead atoms. The zero-order chi connectivity index (χ0) is 37.8. The van der Waals surface area contributed by atoms with Gasteiger partial charge < -0.3 is 30.5 Å². The Kier molecular flexibility index (Phi) is 14.5. The summed E-state index contributed by atoms with van der Waals surface area (Å²) >= 11 is 0. The molecule has 0 unspecified atom stereocenters. The molecule has 0 aliphatic carbocycles. The molecule has 276 valence electrons. The maximum atomic E-state index is 13.8. The number of hydrogen-bond acceptors (Lipinski definition) is 9. The number of rotatable bonds is 15. The van der Waals surface area contributed by atoms with Gasteiger partial charge >= 0.3 is 12.2 Å². The highest BCUT2D eigenvalue weighted by molar-refractivity contribution is 5.86. The van der Waals surface area contributed by atoms with Crippen molar-refractivity contribution in [3.63, 3.8) is 0 Å². The molecule has 1 aromatic heterocycles. The van der Waals surface area contributed by atoms with E-state index in [2.05, 4.69) is 26.4 Å². The second-order valence-electron chi connectivity index (χ2n) is 14.1. The van der Waals surface area contributed by atoms with Crippen molar-refractivity contribution in [2.45, 2.75) is 78.7 Å². The Balaban J connectivity index is 1.93. The minimum Gasteiger partial charge on any atom is -0.453 e. The SMILES string of the molecule is COC(=O)N[C@H](C(=O)N[C@@H](Cc1ccccc1)[C@@H](O)CN(Cc1ccc(-c2ccccn2)cc1)NC(=O)C(C)(C)[C@H](C)NC(=O)OC)C(C)(C)C. The number of hydrogen-bond donors (Lipinski definition) is 5. The minimum absolute atomic E-state index is 0.0922. The van der Waals surface area contributed by atoms with Gasteiger partial charge in [0.1, 0.15) is 6.04 Å². The van der Waals surface area contributed by atoms with E-state index in [0.29, 0.717) is 0 Å². The summed E-state index contributed by atoms with van der Waals surface area (Å²) < 4.78 is 9.49. The van der Waals surface area contributed by atoms with E-state index in [4.69, 9.17) is 9.47 Å². The molecular formula is C38H52N6O7. The molecule has 0 fully saturated rings. The van der Waals surface area contributed by atoms with Crippen molar-refractivity contribution in [1.82, 2.24) is 31.4 Å². The highest BCUT2D eigenvalue weighted by Crippen LogP contribution is 2.23. The number of alkyl carbamates (subject to hydrolysis) is 2. The van der Waals surface area contributed by atoms with Gasteiger partial charge in [0.05, 0.1) is 37.5 Å². The van der Waals surface area contributed by atoms with Crippen LogP contribution in [0.3, 0.4) is 0 Å². The van der Waals surface area contributed by atoms with Crippen molar-refractivity contribution in [2.24, 2.45) is 10.8 Å². The molecule has 3 rings (SSSR count). The molecule has 0 aliphatic heterocycles. The zero-order valence-electron chi connectivity index (χ0n) is 30.7. The lowest BCUT2D eigenvalue weighted by Gasteiger charge is -2.36. The number of benzene rings is 2. The molecule has 0 saturated heterocycles. The van der Waals surface area contributed by atoms with Crippen LogP contribution >= 0.6 is 0 Å². The van der Waals surface area contributed by atoms with Gasteiger partial charge in [-0.3, -0.25) is 20.0 Å². The number of carbonyl (C=O) groups excluding carboxylic acids is 4. The number of aliphatic hydroxyl groups is 1. The normalized spacial score (nSPS) is 14.0. The number of aromatic nitrogens is 1. The smallest absolute Gasteiger partial charge is 0.407 e. The van der Waals surface area contributed by atoms with Crippen molar-refractivity contribution >= 4 is 24.0 Å². The largest absolute Gasteiger partial charge is 0.453 e. The number of pyridine rings is 1. The minimum atomic E-state index is -1.20. The van der Waals surface area contributed by atoms with Gasteiger partial charge in [-0.15, -0.1) is 0 Å². The molecule has 13 heteroatoms. The molecule has 0 saturated carbocycles. The van der Waals surface area contributed by atoms with Crippen LogP contribution in [-0.4, -0.2) is 84.1 Å². The molecule has 0 spiro atoms. The number of ether oxygens (including phenoxy) is 2. The highest BCUT2D eigenvalue weighted by atomic mass is 16.5. The van der Waals surface area contributed by atoms with E-state index in [1.807, 2.05) is 93.6 Å². The van der Waals surface area contributed by atoms with E-state index in [1.165, 1.54) is 14.2 Å². The fourth-order valence-electron chi connectivity index (χ4n) is 5.21. The van der Waals surface area contributed by atoms with E-state index in [0.717, 1.165) is 22.4 Å². The van der Waals surface area contributed by atoms with Gasteiger partial charge in [0.2, 0.25) is 11.8 Å². The second-order valence-corrected chi connectivity index (χ2v) is 14.1. The Morgan fingerprint density at radius 3 is 1.98 bits per heavy atom.